The third-order valence-corrected chi connectivity index (χ3v) is 3.68. The molecule has 1 heterocycles. The summed E-state index contributed by atoms with van der Waals surface area (Å²) in [5.74, 6) is 1.04. The SMILES string of the molecule is C1CC1CNC1CCN(C2CC2)C1. The van der Waals surface area contributed by atoms with Crippen molar-refractivity contribution in [2.75, 3.05) is 19.6 Å². The molecule has 1 unspecified atom stereocenters. The molecule has 13 heavy (non-hydrogen) atoms. The molecule has 3 aliphatic rings. The summed E-state index contributed by atoms with van der Waals surface area (Å²) in [7, 11) is 0. The molecule has 3 fully saturated rings. The van der Waals surface area contributed by atoms with Crippen molar-refractivity contribution in [3.8, 4) is 0 Å². The fourth-order valence-corrected chi connectivity index (χ4v) is 2.38. The Morgan fingerprint density at radius 3 is 2.62 bits per heavy atom. The minimum Gasteiger partial charge on any atom is -0.312 e. The zero-order chi connectivity index (χ0) is 8.67. The fraction of sp³-hybridized carbons (Fsp3) is 1.00. The first-order valence-corrected chi connectivity index (χ1v) is 5.89. The molecule has 3 rings (SSSR count). The molecule has 0 spiro atoms. The van der Waals surface area contributed by atoms with Gasteiger partial charge in [-0.05, 0) is 44.6 Å². The molecule has 2 saturated carbocycles. The van der Waals surface area contributed by atoms with Gasteiger partial charge in [0.05, 0.1) is 0 Å². The van der Waals surface area contributed by atoms with Crippen LogP contribution in [0.4, 0.5) is 0 Å². The zero-order valence-corrected chi connectivity index (χ0v) is 8.34. The lowest BCUT2D eigenvalue weighted by Gasteiger charge is -2.15. The van der Waals surface area contributed by atoms with Gasteiger partial charge in [0.1, 0.15) is 0 Å². The fourth-order valence-electron chi connectivity index (χ4n) is 2.38. The van der Waals surface area contributed by atoms with Gasteiger partial charge in [-0.3, -0.25) is 4.90 Å². The molecule has 74 valence electrons. The van der Waals surface area contributed by atoms with Crippen LogP contribution in [0, 0.1) is 5.92 Å². The highest BCUT2D eigenvalue weighted by Crippen LogP contribution is 2.31. The first-order chi connectivity index (χ1) is 6.42. The van der Waals surface area contributed by atoms with Crippen LogP contribution in [0.3, 0.4) is 0 Å². The maximum atomic E-state index is 3.71. The van der Waals surface area contributed by atoms with Gasteiger partial charge in [0.25, 0.3) is 0 Å². The highest BCUT2D eigenvalue weighted by molar-refractivity contribution is 4.92. The minimum atomic E-state index is 0.821. The summed E-state index contributed by atoms with van der Waals surface area (Å²) >= 11 is 0. The van der Waals surface area contributed by atoms with Crippen LogP contribution in [0.15, 0.2) is 0 Å². The topological polar surface area (TPSA) is 15.3 Å². The van der Waals surface area contributed by atoms with Crippen LogP contribution in [0.25, 0.3) is 0 Å². The largest absolute Gasteiger partial charge is 0.312 e. The second kappa shape index (κ2) is 3.25. The van der Waals surface area contributed by atoms with E-state index >= 15 is 0 Å². The average molecular weight is 180 g/mol. The van der Waals surface area contributed by atoms with Crippen LogP contribution < -0.4 is 5.32 Å². The molecular weight excluding hydrogens is 160 g/mol. The second-order valence-electron chi connectivity index (χ2n) is 5.06. The summed E-state index contributed by atoms with van der Waals surface area (Å²) in [6, 6.07) is 1.80. The van der Waals surface area contributed by atoms with E-state index in [1.807, 2.05) is 0 Å². The summed E-state index contributed by atoms with van der Waals surface area (Å²) < 4.78 is 0. The van der Waals surface area contributed by atoms with Gasteiger partial charge in [-0.2, -0.15) is 0 Å². The highest BCUT2D eigenvalue weighted by atomic mass is 15.2. The van der Waals surface area contributed by atoms with E-state index in [0.29, 0.717) is 0 Å². The predicted molar refractivity (Wildman–Crippen MR) is 53.7 cm³/mol. The molecule has 0 aromatic carbocycles. The van der Waals surface area contributed by atoms with E-state index in [2.05, 4.69) is 10.2 Å². The lowest BCUT2D eigenvalue weighted by molar-refractivity contribution is 0.317. The summed E-state index contributed by atoms with van der Waals surface area (Å²) in [6.45, 7) is 3.98. The Morgan fingerprint density at radius 2 is 1.92 bits per heavy atom. The lowest BCUT2D eigenvalue weighted by atomic mass is 10.2. The van der Waals surface area contributed by atoms with Crippen LogP contribution in [-0.4, -0.2) is 36.6 Å². The van der Waals surface area contributed by atoms with Gasteiger partial charge in [0, 0.05) is 25.2 Å². The predicted octanol–water partition coefficient (Wildman–Crippen LogP) is 1.22. The lowest BCUT2D eigenvalue weighted by Crippen LogP contribution is -2.34. The van der Waals surface area contributed by atoms with E-state index in [-0.39, 0.29) is 0 Å². The van der Waals surface area contributed by atoms with Gasteiger partial charge in [-0.15, -0.1) is 0 Å². The number of rotatable bonds is 4. The first kappa shape index (κ1) is 8.25. The summed E-state index contributed by atoms with van der Waals surface area (Å²) in [4.78, 5) is 2.69. The average Bonchev–Trinajstić information content (AvgIpc) is 3.03. The molecule has 0 bridgehead atoms. The van der Waals surface area contributed by atoms with E-state index in [1.165, 1.54) is 51.7 Å². The summed E-state index contributed by atoms with van der Waals surface area (Å²) in [6.07, 6.45) is 7.28. The van der Waals surface area contributed by atoms with Crippen LogP contribution in [-0.2, 0) is 0 Å². The number of nitrogens with one attached hydrogen (secondary N) is 1. The Kier molecular flexibility index (Phi) is 2.06. The highest BCUT2D eigenvalue weighted by Gasteiger charge is 2.34. The monoisotopic (exact) mass is 180 g/mol. The quantitative estimate of drug-likeness (QED) is 0.700. The van der Waals surface area contributed by atoms with Crippen LogP contribution in [0.2, 0.25) is 0 Å². The smallest absolute Gasteiger partial charge is 0.0207 e. The van der Waals surface area contributed by atoms with Gasteiger partial charge in [-0.25, -0.2) is 0 Å². The van der Waals surface area contributed by atoms with Gasteiger partial charge in [0.2, 0.25) is 0 Å². The van der Waals surface area contributed by atoms with Crippen LogP contribution >= 0.6 is 0 Å². The molecule has 2 nitrogen and oxygen atoms in total. The number of hydrogen-bond donors (Lipinski definition) is 1. The van der Waals surface area contributed by atoms with E-state index in [9.17, 15) is 0 Å². The van der Waals surface area contributed by atoms with Crippen molar-refractivity contribution in [3.05, 3.63) is 0 Å². The van der Waals surface area contributed by atoms with Crippen molar-refractivity contribution < 1.29 is 0 Å². The van der Waals surface area contributed by atoms with Crippen molar-refractivity contribution >= 4 is 0 Å². The minimum absolute atomic E-state index is 0.821. The molecule has 0 aromatic heterocycles. The number of likely N-dealkylation sites (tertiary alicyclic amines) is 1. The van der Waals surface area contributed by atoms with E-state index in [4.69, 9.17) is 0 Å². The normalized spacial score (nSPS) is 35.5. The van der Waals surface area contributed by atoms with Gasteiger partial charge >= 0.3 is 0 Å². The van der Waals surface area contributed by atoms with Crippen molar-refractivity contribution in [3.63, 3.8) is 0 Å². The first-order valence-electron chi connectivity index (χ1n) is 5.89. The molecular formula is C11H20N2. The molecule has 2 aliphatic carbocycles. The van der Waals surface area contributed by atoms with E-state index in [0.717, 1.165) is 18.0 Å². The Labute approximate surface area is 80.7 Å². The molecule has 0 amide bonds. The number of hydrogen-bond acceptors (Lipinski definition) is 2. The third-order valence-electron chi connectivity index (χ3n) is 3.68. The maximum absolute atomic E-state index is 3.71. The summed E-state index contributed by atoms with van der Waals surface area (Å²) in [5, 5.41) is 3.71. The Hall–Kier alpha value is -0.0800. The third kappa shape index (κ3) is 2.05. The zero-order valence-electron chi connectivity index (χ0n) is 8.34. The molecule has 0 aromatic rings. The van der Waals surface area contributed by atoms with Gasteiger partial charge in [-0.1, -0.05) is 0 Å². The van der Waals surface area contributed by atoms with Crippen molar-refractivity contribution in [2.24, 2.45) is 5.92 Å². The van der Waals surface area contributed by atoms with Crippen molar-refractivity contribution in [1.29, 1.82) is 0 Å². The Bertz CT molecular complexity index is 185. The molecule has 0 radical (unpaired) electrons. The van der Waals surface area contributed by atoms with E-state index in [1.54, 1.807) is 0 Å². The Morgan fingerprint density at radius 1 is 1.08 bits per heavy atom. The summed E-state index contributed by atoms with van der Waals surface area (Å²) in [5.41, 5.74) is 0. The van der Waals surface area contributed by atoms with Crippen molar-refractivity contribution in [1.82, 2.24) is 10.2 Å². The second-order valence-corrected chi connectivity index (χ2v) is 5.06. The Balaban J connectivity index is 1.40. The van der Waals surface area contributed by atoms with E-state index < -0.39 is 0 Å². The molecule has 2 heteroatoms. The van der Waals surface area contributed by atoms with Gasteiger partial charge in [0.15, 0.2) is 0 Å². The standard InChI is InChI=1S/C11H20N2/c1-2-9(1)7-12-10-5-6-13(8-10)11-3-4-11/h9-12H,1-8H2. The van der Waals surface area contributed by atoms with Crippen LogP contribution in [0.1, 0.15) is 32.1 Å². The molecule has 1 aliphatic heterocycles. The molecule has 1 atom stereocenters. The molecule has 1 N–H and O–H groups in total. The maximum Gasteiger partial charge on any atom is 0.0207 e. The number of nitrogens with zero attached hydrogens (tertiary/aromatic N) is 1. The van der Waals surface area contributed by atoms with Gasteiger partial charge < -0.3 is 5.32 Å². The van der Waals surface area contributed by atoms with Crippen molar-refractivity contribution in [2.45, 2.75) is 44.2 Å². The van der Waals surface area contributed by atoms with Crippen LogP contribution in [0.5, 0.6) is 0 Å². The molecule has 1 saturated heterocycles.